The van der Waals surface area contributed by atoms with Gasteiger partial charge in [0.15, 0.2) is 0 Å². The van der Waals surface area contributed by atoms with Crippen molar-refractivity contribution in [1.29, 1.82) is 0 Å². The van der Waals surface area contributed by atoms with E-state index in [-0.39, 0.29) is 61.5 Å². The summed E-state index contributed by atoms with van der Waals surface area (Å²) in [6, 6.07) is -2.38. The van der Waals surface area contributed by atoms with Crippen LogP contribution in [0.25, 0.3) is 0 Å². The van der Waals surface area contributed by atoms with Crippen LogP contribution in [0, 0.1) is 5.92 Å². The molecule has 0 aliphatic carbocycles. The lowest BCUT2D eigenvalue weighted by atomic mass is 9.97. The molecule has 2 fully saturated rings. The molecule has 0 saturated carbocycles. The van der Waals surface area contributed by atoms with E-state index >= 15 is 0 Å². The average Bonchev–Trinajstić information content (AvgIpc) is 3.56. The molecule has 7 amide bonds. The highest BCUT2D eigenvalue weighted by Gasteiger charge is 2.59. The lowest BCUT2D eigenvalue weighted by molar-refractivity contribution is -0.250. The minimum absolute atomic E-state index is 0.0113. The van der Waals surface area contributed by atoms with E-state index in [9.17, 15) is 56.2 Å². The molecule has 342 valence electrons. The standard InChI is InChI=1S/C40H57Cl2F4N7O8/c1-9-52(34(57)22(4)48-32(55)30-19-25(43)20-53(30)37(60)39(7,61)40(44,45)46)28-12-10-11-15-47-36(59)38(5,6)50-33(56)29(18-23-17-24(41)13-14-26(23)42)51(8)35(58)27(16-21(2)3)49-31(28)54/h13-14,17,21-22,25,27-30,61H,9-12,15-16,18-20H2,1-8H3,(H,47,59)(H,48,55)(H,49,54)(H,50,56)/t22-,25+,27-,28-,29-,30-,39+/m0/s1. The summed E-state index contributed by atoms with van der Waals surface area (Å²) in [7, 11) is 1.37. The molecule has 1 aromatic carbocycles. The monoisotopic (exact) mass is 909 g/mol. The maximum absolute atomic E-state index is 14.5. The minimum Gasteiger partial charge on any atom is -0.373 e. The van der Waals surface area contributed by atoms with Crippen LogP contribution >= 0.6 is 23.2 Å². The van der Waals surface area contributed by atoms with Gasteiger partial charge in [0.25, 0.3) is 5.91 Å². The van der Waals surface area contributed by atoms with Crippen LogP contribution < -0.4 is 21.3 Å². The maximum Gasteiger partial charge on any atom is 0.426 e. The van der Waals surface area contributed by atoms with E-state index in [1.807, 2.05) is 13.8 Å². The Morgan fingerprint density at radius 2 is 1.70 bits per heavy atom. The number of halogens is 6. The molecule has 5 N–H and O–H groups in total. The zero-order chi connectivity index (χ0) is 46.4. The first-order chi connectivity index (χ1) is 28.1. The van der Waals surface area contributed by atoms with Crippen LogP contribution in [-0.2, 0) is 40.0 Å². The van der Waals surface area contributed by atoms with Gasteiger partial charge >= 0.3 is 6.18 Å². The van der Waals surface area contributed by atoms with E-state index < -0.39 is 108 Å². The molecule has 2 heterocycles. The SMILES string of the molecule is CCN(C(=O)[C@H](C)NC(=O)[C@@H]1C[C@@H](F)CN1C(=O)[C@@](C)(O)C(F)(F)F)[C@H]1CCCCNC(=O)C(C)(C)NC(=O)[C@H](Cc2cc(Cl)ccc2Cl)N(C)C(=O)[C@H](CC(C)C)NC1=O. The summed E-state index contributed by atoms with van der Waals surface area (Å²) in [5.41, 5.74) is -4.94. The average molecular weight is 911 g/mol. The van der Waals surface area contributed by atoms with Crippen LogP contribution in [0.1, 0.15) is 86.1 Å². The van der Waals surface area contributed by atoms with E-state index in [1.165, 1.54) is 33.9 Å². The minimum atomic E-state index is -5.44. The summed E-state index contributed by atoms with van der Waals surface area (Å²) in [5, 5.41) is 21.2. The number of hydrogen-bond donors (Lipinski definition) is 5. The number of amides is 7. The normalized spacial score (nSPS) is 25.0. The fourth-order valence-electron chi connectivity index (χ4n) is 7.24. The Bertz CT molecular complexity index is 1820. The smallest absolute Gasteiger partial charge is 0.373 e. The Morgan fingerprint density at radius 3 is 2.30 bits per heavy atom. The molecular formula is C40H57Cl2F4N7O8. The van der Waals surface area contributed by atoms with Crippen LogP contribution in [0.2, 0.25) is 10.0 Å². The van der Waals surface area contributed by atoms with E-state index in [2.05, 4.69) is 21.3 Å². The zero-order valence-electron chi connectivity index (χ0n) is 35.6. The highest BCUT2D eigenvalue weighted by Crippen LogP contribution is 2.34. The molecule has 0 radical (unpaired) electrons. The Labute approximate surface area is 363 Å². The van der Waals surface area contributed by atoms with Gasteiger partial charge in [-0.05, 0) is 90.0 Å². The molecule has 3 rings (SSSR count). The molecule has 21 heteroatoms. The van der Waals surface area contributed by atoms with Crippen molar-refractivity contribution in [1.82, 2.24) is 36.0 Å². The van der Waals surface area contributed by atoms with Crippen molar-refractivity contribution >= 4 is 64.6 Å². The number of benzene rings is 1. The van der Waals surface area contributed by atoms with Crippen LogP contribution in [0.5, 0.6) is 0 Å². The van der Waals surface area contributed by atoms with Crippen molar-refractivity contribution in [2.45, 2.75) is 141 Å². The van der Waals surface area contributed by atoms with Crippen LogP contribution in [-0.4, -0.2) is 142 Å². The number of carbonyl (C=O) groups is 7. The van der Waals surface area contributed by atoms with Gasteiger partial charge in [-0.1, -0.05) is 37.0 Å². The summed E-state index contributed by atoms with van der Waals surface area (Å²) >= 11 is 12.7. The van der Waals surface area contributed by atoms with Gasteiger partial charge in [-0.2, -0.15) is 13.2 Å². The first kappa shape index (κ1) is 51.1. The predicted octanol–water partition coefficient (Wildman–Crippen LogP) is 3.06. The van der Waals surface area contributed by atoms with Crippen molar-refractivity contribution in [3.8, 4) is 0 Å². The fourth-order valence-corrected chi connectivity index (χ4v) is 7.63. The number of carbonyl (C=O) groups excluding carboxylic acids is 7. The molecule has 15 nitrogen and oxygen atoms in total. The Balaban J connectivity index is 1.98. The highest BCUT2D eigenvalue weighted by atomic mass is 35.5. The van der Waals surface area contributed by atoms with Gasteiger partial charge in [0.1, 0.15) is 41.9 Å². The number of nitrogens with one attached hydrogen (secondary N) is 4. The van der Waals surface area contributed by atoms with Crippen molar-refractivity contribution < 1.29 is 56.2 Å². The van der Waals surface area contributed by atoms with Gasteiger partial charge in [0.2, 0.25) is 41.0 Å². The molecule has 0 spiro atoms. The molecule has 0 unspecified atom stereocenters. The van der Waals surface area contributed by atoms with Crippen molar-refractivity contribution in [3.63, 3.8) is 0 Å². The molecule has 0 bridgehead atoms. The second kappa shape index (κ2) is 20.8. The third kappa shape index (κ3) is 12.7. The summed E-state index contributed by atoms with van der Waals surface area (Å²) in [5.74, 6) is -6.74. The summed E-state index contributed by atoms with van der Waals surface area (Å²) in [6.45, 7) is 8.72. The molecule has 2 aliphatic heterocycles. The van der Waals surface area contributed by atoms with Gasteiger partial charge in [-0.25, -0.2) is 4.39 Å². The number of likely N-dealkylation sites (tertiary alicyclic amines) is 1. The van der Waals surface area contributed by atoms with Gasteiger partial charge in [-0.3, -0.25) is 33.6 Å². The van der Waals surface area contributed by atoms with Crippen LogP contribution in [0.15, 0.2) is 18.2 Å². The number of likely N-dealkylation sites (N-methyl/N-ethyl adjacent to an activating group) is 2. The Morgan fingerprint density at radius 1 is 1.07 bits per heavy atom. The first-order valence-corrected chi connectivity index (χ1v) is 20.9. The lowest BCUT2D eigenvalue weighted by Gasteiger charge is -2.36. The molecule has 61 heavy (non-hydrogen) atoms. The molecule has 2 saturated heterocycles. The number of alkyl halides is 4. The molecular weight excluding hydrogens is 853 g/mol. The fraction of sp³-hybridized carbons (Fsp3) is 0.675. The predicted molar refractivity (Wildman–Crippen MR) is 218 cm³/mol. The van der Waals surface area contributed by atoms with Gasteiger partial charge in [0, 0.05) is 43.0 Å². The van der Waals surface area contributed by atoms with Crippen molar-refractivity contribution in [2.24, 2.45) is 5.92 Å². The molecule has 7 atom stereocenters. The quantitative estimate of drug-likeness (QED) is 0.221. The molecule has 1 aromatic rings. The van der Waals surface area contributed by atoms with Crippen LogP contribution in [0.3, 0.4) is 0 Å². The second-order valence-corrected chi connectivity index (χ2v) is 17.6. The van der Waals surface area contributed by atoms with Gasteiger partial charge in [0.05, 0.1) is 6.54 Å². The summed E-state index contributed by atoms with van der Waals surface area (Å²) in [6.07, 6.45) is -7.49. The second-order valence-electron chi connectivity index (χ2n) is 16.7. The van der Waals surface area contributed by atoms with E-state index in [1.54, 1.807) is 19.1 Å². The third-order valence-electron chi connectivity index (χ3n) is 10.9. The summed E-state index contributed by atoms with van der Waals surface area (Å²) in [4.78, 5) is 99.0. The number of aliphatic hydroxyl groups is 1. The van der Waals surface area contributed by atoms with E-state index in [0.717, 1.165) is 9.80 Å². The largest absolute Gasteiger partial charge is 0.426 e. The Hall–Kier alpha value is -4.23. The van der Waals surface area contributed by atoms with Gasteiger partial charge < -0.3 is 41.1 Å². The number of hydrogen-bond acceptors (Lipinski definition) is 8. The van der Waals surface area contributed by atoms with E-state index in [4.69, 9.17) is 23.2 Å². The number of rotatable bonds is 10. The lowest BCUT2D eigenvalue weighted by Crippen LogP contribution is -2.62. The summed E-state index contributed by atoms with van der Waals surface area (Å²) < 4.78 is 55.0. The molecule has 0 aromatic heterocycles. The highest BCUT2D eigenvalue weighted by molar-refractivity contribution is 6.33. The van der Waals surface area contributed by atoms with E-state index in [0.29, 0.717) is 17.0 Å². The first-order valence-electron chi connectivity index (χ1n) is 20.1. The number of nitrogens with zero attached hydrogens (tertiary/aromatic N) is 3. The molecule has 2 aliphatic rings. The van der Waals surface area contributed by atoms with Crippen molar-refractivity contribution in [3.05, 3.63) is 33.8 Å². The zero-order valence-corrected chi connectivity index (χ0v) is 37.1. The van der Waals surface area contributed by atoms with Crippen molar-refractivity contribution in [2.75, 3.05) is 26.7 Å². The van der Waals surface area contributed by atoms with Gasteiger partial charge in [-0.15, -0.1) is 0 Å². The Kier molecular flexibility index (Phi) is 17.4. The van der Waals surface area contributed by atoms with Crippen LogP contribution in [0.4, 0.5) is 17.6 Å². The topological polar surface area (TPSA) is 198 Å². The maximum atomic E-state index is 14.5. The third-order valence-corrected chi connectivity index (χ3v) is 11.5.